The number of sulfonamides is 1. The van der Waals surface area contributed by atoms with E-state index in [1.807, 2.05) is 0 Å². The van der Waals surface area contributed by atoms with Crippen LogP contribution < -0.4 is 14.2 Å². The van der Waals surface area contributed by atoms with Crippen molar-refractivity contribution in [3.8, 4) is 23.0 Å². The maximum atomic E-state index is 12.0. The summed E-state index contributed by atoms with van der Waals surface area (Å²) < 4.78 is 36.0. The first-order valence-corrected chi connectivity index (χ1v) is 10.0. The van der Waals surface area contributed by atoms with Gasteiger partial charge in [-0.25, -0.2) is 8.42 Å². The van der Waals surface area contributed by atoms with Crippen LogP contribution in [0.25, 0.3) is 12.2 Å². The first-order chi connectivity index (χ1) is 13.7. The first-order valence-electron chi connectivity index (χ1n) is 8.35. The molecule has 2 rings (SSSR count). The Labute approximate surface area is 168 Å². The molecule has 0 saturated carbocycles. The van der Waals surface area contributed by atoms with Crippen molar-refractivity contribution in [2.24, 2.45) is 0 Å². The minimum absolute atomic E-state index is 0.0811. The largest absolute Gasteiger partial charge is 0.504 e. The summed E-state index contributed by atoms with van der Waals surface area (Å²) in [6.45, 7) is 0. The van der Waals surface area contributed by atoms with Crippen molar-refractivity contribution in [2.45, 2.75) is 0 Å². The van der Waals surface area contributed by atoms with Gasteiger partial charge in [-0.1, -0.05) is 18.2 Å². The van der Waals surface area contributed by atoms with Crippen LogP contribution in [-0.4, -0.2) is 44.4 Å². The van der Waals surface area contributed by atoms with Gasteiger partial charge >= 0.3 is 0 Å². The van der Waals surface area contributed by atoms with Gasteiger partial charge in [0.1, 0.15) is 5.75 Å². The second-order valence-corrected chi connectivity index (χ2v) is 7.63. The van der Waals surface area contributed by atoms with Crippen LogP contribution >= 0.6 is 0 Å². The van der Waals surface area contributed by atoms with Crippen LogP contribution in [0.2, 0.25) is 0 Å². The summed E-state index contributed by atoms with van der Waals surface area (Å²) in [7, 11) is -1.06. The van der Waals surface area contributed by atoms with E-state index in [4.69, 9.17) is 9.47 Å². The Balaban J connectivity index is 1.95. The summed E-state index contributed by atoms with van der Waals surface area (Å²) in [4.78, 5) is 11.9. The molecule has 0 heterocycles. The standard InChI is InChI=1S/C20H21NO7S/c1-27-19-7-4-14(11-17(19)23)3-6-16(22)13-29(25,26)21-10-9-15-5-8-20(28-2)18(24)12-15/h3-12,21,23-24H,13H2,1-2H3. The van der Waals surface area contributed by atoms with Gasteiger partial charge in [0.15, 0.2) is 28.8 Å². The number of ketones is 1. The van der Waals surface area contributed by atoms with E-state index in [0.29, 0.717) is 16.9 Å². The Morgan fingerprint density at radius 1 is 0.966 bits per heavy atom. The van der Waals surface area contributed by atoms with E-state index in [2.05, 4.69) is 4.72 Å². The molecule has 0 saturated heterocycles. The average molecular weight is 419 g/mol. The summed E-state index contributed by atoms with van der Waals surface area (Å²) in [6.07, 6.45) is 5.10. The third kappa shape index (κ3) is 6.58. The molecule has 0 bridgehead atoms. The van der Waals surface area contributed by atoms with Crippen LogP contribution in [0, 0.1) is 0 Å². The number of benzene rings is 2. The molecule has 0 spiro atoms. The van der Waals surface area contributed by atoms with Gasteiger partial charge in [0, 0.05) is 6.20 Å². The van der Waals surface area contributed by atoms with E-state index in [1.165, 1.54) is 50.6 Å². The van der Waals surface area contributed by atoms with Crippen molar-refractivity contribution in [3.63, 3.8) is 0 Å². The molecule has 9 heteroatoms. The van der Waals surface area contributed by atoms with Crippen LogP contribution in [-0.2, 0) is 14.8 Å². The van der Waals surface area contributed by atoms with Crippen LogP contribution in [0.5, 0.6) is 23.0 Å². The van der Waals surface area contributed by atoms with E-state index < -0.39 is 21.6 Å². The molecular formula is C20H21NO7S. The molecule has 2 aromatic carbocycles. The molecule has 29 heavy (non-hydrogen) atoms. The number of rotatable bonds is 9. The number of nitrogens with one attached hydrogen (secondary N) is 1. The maximum Gasteiger partial charge on any atom is 0.239 e. The monoisotopic (exact) mass is 419 g/mol. The molecule has 0 fully saturated rings. The molecule has 154 valence electrons. The van der Waals surface area contributed by atoms with Crippen molar-refractivity contribution in [3.05, 3.63) is 59.8 Å². The third-order valence-corrected chi connectivity index (χ3v) is 4.88. The first kappa shape index (κ1) is 21.8. The second-order valence-electron chi connectivity index (χ2n) is 5.87. The Kier molecular flexibility index (Phi) is 7.27. The molecule has 0 aliphatic rings. The number of ether oxygens (including phenoxy) is 2. The molecule has 0 amide bonds. The normalized spacial score (nSPS) is 11.7. The number of allylic oxidation sites excluding steroid dienone is 1. The number of aromatic hydroxyl groups is 2. The van der Waals surface area contributed by atoms with Crippen molar-refractivity contribution in [1.29, 1.82) is 0 Å². The number of carbonyl (C=O) groups is 1. The lowest BCUT2D eigenvalue weighted by Crippen LogP contribution is -2.25. The van der Waals surface area contributed by atoms with Crippen LogP contribution in [0.3, 0.4) is 0 Å². The van der Waals surface area contributed by atoms with Gasteiger partial charge in [-0.2, -0.15) is 0 Å². The zero-order chi connectivity index (χ0) is 21.4. The van der Waals surface area contributed by atoms with Gasteiger partial charge in [-0.3, -0.25) is 9.52 Å². The fourth-order valence-electron chi connectivity index (χ4n) is 2.32. The molecule has 2 aromatic rings. The van der Waals surface area contributed by atoms with Gasteiger partial charge in [0.05, 0.1) is 14.2 Å². The van der Waals surface area contributed by atoms with E-state index in [0.717, 1.165) is 12.3 Å². The number of phenols is 2. The maximum absolute atomic E-state index is 12.0. The molecule has 0 aromatic heterocycles. The van der Waals surface area contributed by atoms with Gasteiger partial charge in [0.25, 0.3) is 0 Å². The Morgan fingerprint density at radius 3 is 1.97 bits per heavy atom. The lowest BCUT2D eigenvalue weighted by molar-refractivity contribution is -0.112. The molecule has 3 N–H and O–H groups in total. The summed E-state index contributed by atoms with van der Waals surface area (Å²) >= 11 is 0. The number of methoxy groups -OCH3 is 2. The van der Waals surface area contributed by atoms with Crippen LogP contribution in [0.1, 0.15) is 11.1 Å². The summed E-state index contributed by atoms with van der Waals surface area (Å²) in [5.41, 5.74) is 1.05. The van der Waals surface area contributed by atoms with Crippen molar-refractivity contribution in [1.82, 2.24) is 4.72 Å². The second kappa shape index (κ2) is 9.65. The Morgan fingerprint density at radius 2 is 1.48 bits per heavy atom. The van der Waals surface area contributed by atoms with E-state index in [-0.39, 0.29) is 17.2 Å². The van der Waals surface area contributed by atoms with Crippen molar-refractivity contribution >= 4 is 28.0 Å². The van der Waals surface area contributed by atoms with Gasteiger partial charge < -0.3 is 19.7 Å². The van der Waals surface area contributed by atoms with Crippen LogP contribution in [0.4, 0.5) is 0 Å². The predicted octanol–water partition coefficient (Wildman–Crippen LogP) is 2.29. The smallest absolute Gasteiger partial charge is 0.239 e. The summed E-state index contributed by atoms with van der Waals surface area (Å²) in [6, 6.07) is 9.10. The number of hydrogen-bond donors (Lipinski definition) is 3. The highest BCUT2D eigenvalue weighted by Gasteiger charge is 2.12. The van der Waals surface area contributed by atoms with E-state index in [1.54, 1.807) is 12.1 Å². The predicted molar refractivity (Wildman–Crippen MR) is 109 cm³/mol. The van der Waals surface area contributed by atoms with Gasteiger partial charge in [0.2, 0.25) is 10.0 Å². The minimum atomic E-state index is -3.89. The molecule has 0 atom stereocenters. The molecule has 0 aliphatic carbocycles. The van der Waals surface area contributed by atoms with Crippen molar-refractivity contribution in [2.75, 3.05) is 20.0 Å². The number of phenolic OH excluding ortho intramolecular Hbond substituents is 2. The highest BCUT2D eigenvalue weighted by Crippen LogP contribution is 2.27. The zero-order valence-electron chi connectivity index (χ0n) is 15.8. The molecule has 0 aliphatic heterocycles. The quantitative estimate of drug-likeness (QED) is 0.533. The fraction of sp³-hybridized carbons (Fsp3) is 0.150. The molecular weight excluding hydrogens is 398 g/mol. The third-order valence-electron chi connectivity index (χ3n) is 3.72. The highest BCUT2D eigenvalue weighted by atomic mass is 32.2. The Hall–Kier alpha value is -3.46. The lowest BCUT2D eigenvalue weighted by Gasteiger charge is -2.04. The summed E-state index contributed by atoms with van der Waals surface area (Å²) in [5.74, 6) is -0.969. The van der Waals surface area contributed by atoms with Gasteiger partial charge in [-0.05, 0) is 47.5 Å². The average Bonchev–Trinajstić information content (AvgIpc) is 2.66. The highest BCUT2D eigenvalue weighted by molar-refractivity contribution is 7.90. The fourth-order valence-corrected chi connectivity index (χ4v) is 3.15. The molecule has 0 unspecified atom stereocenters. The lowest BCUT2D eigenvalue weighted by atomic mass is 10.2. The SMILES string of the molecule is COc1ccc(C=CNS(=O)(=O)CC(=O)C=Cc2ccc(OC)c(O)c2)cc1O. The molecule has 8 nitrogen and oxygen atoms in total. The number of hydrogen-bond acceptors (Lipinski definition) is 7. The van der Waals surface area contributed by atoms with E-state index >= 15 is 0 Å². The molecule has 0 radical (unpaired) electrons. The van der Waals surface area contributed by atoms with E-state index in [9.17, 15) is 23.4 Å². The van der Waals surface area contributed by atoms with Crippen molar-refractivity contribution < 1.29 is 32.9 Å². The van der Waals surface area contributed by atoms with Gasteiger partial charge in [-0.15, -0.1) is 0 Å². The topological polar surface area (TPSA) is 122 Å². The zero-order valence-corrected chi connectivity index (χ0v) is 16.6. The Bertz CT molecular complexity index is 1040. The van der Waals surface area contributed by atoms with Crippen LogP contribution in [0.15, 0.2) is 48.7 Å². The minimum Gasteiger partial charge on any atom is -0.504 e. The number of carbonyl (C=O) groups excluding carboxylic acids is 1. The summed E-state index contributed by atoms with van der Waals surface area (Å²) in [5, 5.41) is 19.4.